The van der Waals surface area contributed by atoms with Crippen LogP contribution >= 0.6 is 0 Å². The number of rotatable bonds is 2. The van der Waals surface area contributed by atoms with Gasteiger partial charge in [0.2, 0.25) is 0 Å². The number of carboxylic acids is 1. The quantitative estimate of drug-likeness (QED) is 0.867. The molecule has 0 radical (unpaired) electrons. The predicted molar refractivity (Wildman–Crippen MR) is 72.8 cm³/mol. The molecule has 3 heterocycles. The van der Waals surface area contributed by atoms with E-state index in [-0.39, 0.29) is 18.8 Å². The van der Waals surface area contributed by atoms with Gasteiger partial charge in [0, 0.05) is 18.1 Å². The van der Waals surface area contributed by atoms with Crippen LogP contribution in [0.3, 0.4) is 0 Å². The summed E-state index contributed by atoms with van der Waals surface area (Å²) in [5.74, 6) is -1.50. The summed E-state index contributed by atoms with van der Waals surface area (Å²) in [7, 11) is 0. The first-order valence-electron chi connectivity index (χ1n) is 6.50. The van der Waals surface area contributed by atoms with Crippen molar-refractivity contribution >= 4 is 22.9 Å². The van der Waals surface area contributed by atoms with Crippen molar-refractivity contribution in [3.8, 4) is 0 Å². The zero-order valence-electron chi connectivity index (χ0n) is 11.1. The summed E-state index contributed by atoms with van der Waals surface area (Å²) in [5.41, 5.74) is 0.651. The fraction of sp³-hybridized carbons (Fsp3) is 0.286. The van der Waals surface area contributed by atoms with Gasteiger partial charge in [-0.25, -0.2) is 14.8 Å². The fourth-order valence-electron chi connectivity index (χ4n) is 2.27. The molecule has 0 aromatic carbocycles. The Morgan fingerprint density at radius 2 is 2.19 bits per heavy atom. The smallest absolute Gasteiger partial charge is 0.328 e. The lowest BCUT2D eigenvalue weighted by Gasteiger charge is -2.32. The molecule has 7 nitrogen and oxygen atoms in total. The van der Waals surface area contributed by atoms with Crippen molar-refractivity contribution in [1.82, 2.24) is 14.9 Å². The highest BCUT2D eigenvalue weighted by molar-refractivity contribution is 5.96. The molecule has 1 unspecified atom stereocenters. The molecule has 0 aliphatic carbocycles. The number of hydrogen-bond acceptors (Lipinski definition) is 5. The third-order valence-electron chi connectivity index (χ3n) is 3.36. The second-order valence-electron chi connectivity index (χ2n) is 4.67. The van der Waals surface area contributed by atoms with Crippen LogP contribution in [-0.2, 0) is 9.53 Å². The Morgan fingerprint density at radius 3 is 3.00 bits per heavy atom. The van der Waals surface area contributed by atoms with Gasteiger partial charge in [0.1, 0.15) is 5.69 Å². The lowest BCUT2D eigenvalue weighted by Crippen LogP contribution is -2.52. The van der Waals surface area contributed by atoms with Crippen LogP contribution in [0.1, 0.15) is 10.5 Å². The van der Waals surface area contributed by atoms with Gasteiger partial charge in [-0.3, -0.25) is 4.79 Å². The molecule has 0 bridgehead atoms. The number of morpholine rings is 1. The Morgan fingerprint density at radius 1 is 1.33 bits per heavy atom. The Balaban J connectivity index is 1.93. The molecule has 1 saturated heterocycles. The van der Waals surface area contributed by atoms with Gasteiger partial charge in [-0.1, -0.05) is 0 Å². The first-order chi connectivity index (χ1) is 10.2. The SMILES string of the molecule is O=C(O)C1COCCN1C(=O)c1ccc2cccnc2n1. The maximum absolute atomic E-state index is 12.5. The second-order valence-corrected chi connectivity index (χ2v) is 4.67. The van der Waals surface area contributed by atoms with E-state index in [2.05, 4.69) is 9.97 Å². The molecule has 1 amide bonds. The van der Waals surface area contributed by atoms with E-state index < -0.39 is 17.9 Å². The van der Waals surface area contributed by atoms with Crippen LogP contribution in [0, 0.1) is 0 Å². The molecule has 2 aromatic rings. The topological polar surface area (TPSA) is 92.6 Å². The minimum Gasteiger partial charge on any atom is -0.480 e. The number of pyridine rings is 2. The summed E-state index contributed by atoms with van der Waals surface area (Å²) in [5, 5.41) is 9.99. The molecule has 2 aromatic heterocycles. The molecule has 1 N–H and O–H groups in total. The highest BCUT2D eigenvalue weighted by atomic mass is 16.5. The second kappa shape index (κ2) is 5.45. The van der Waals surface area contributed by atoms with E-state index in [0.29, 0.717) is 12.3 Å². The third kappa shape index (κ3) is 2.55. The Bertz CT molecular complexity index is 703. The number of fused-ring (bicyclic) bond motifs is 1. The molecule has 1 atom stereocenters. The van der Waals surface area contributed by atoms with Crippen LogP contribution in [-0.4, -0.2) is 57.7 Å². The minimum atomic E-state index is -1.08. The van der Waals surface area contributed by atoms with E-state index in [1.165, 1.54) is 4.90 Å². The molecule has 1 aliphatic heterocycles. The molecule has 7 heteroatoms. The van der Waals surface area contributed by atoms with E-state index in [1.807, 2.05) is 6.07 Å². The van der Waals surface area contributed by atoms with Crippen molar-refractivity contribution in [1.29, 1.82) is 0 Å². The molecular weight excluding hydrogens is 274 g/mol. The van der Waals surface area contributed by atoms with Crippen LogP contribution in [0.2, 0.25) is 0 Å². The van der Waals surface area contributed by atoms with Gasteiger partial charge in [0.25, 0.3) is 5.91 Å². The van der Waals surface area contributed by atoms with Gasteiger partial charge in [0.05, 0.1) is 13.2 Å². The van der Waals surface area contributed by atoms with Crippen molar-refractivity contribution in [3.05, 3.63) is 36.2 Å². The maximum Gasteiger partial charge on any atom is 0.328 e. The minimum absolute atomic E-state index is 0.00704. The highest BCUT2D eigenvalue weighted by Gasteiger charge is 2.33. The Kier molecular flexibility index (Phi) is 3.49. The van der Waals surface area contributed by atoms with Crippen molar-refractivity contribution in [2.24, 2.45) is 0 Å². The number of carbonyl (C=O) groups is 2. The van der Waals surface area contributed by atoms with Crippen LogP contribution in [0.25, 0.3) is 11.0 Å². The monoisotopic (exact) mass is 287 g/mol. The molecule has 0 spiro atoms. The first-order valence-corrected chi connectivity index (χ1v) is 6.50. The van der Waals surface area contributed by atoms with Gasteiger partial charge in [-0.2, -0.15) is 0 Å². The first kappa shape index (κ1) is 13.4. The summed E-state index contributed by atoms with van der Waals surface area (Å²) in [4.78, 5) is 33.3. The summed E-state index contributed by atoms with van der Waals surface area (Å²) in [6, 6.07) is 5.98. The van der Waals surface area contributed by atoms with Crippen molar-refractivity contribution in [2.45, 2.75) is 6.04 Å². The van der Waals surface area contributed by atoms with Gasteiger partial charge in [-0.15, -0.1) is 0 Å². The number of aliphatic carboxylic acids is 1. The van der Waals surface area contributed by atoms with Crippen LogP contribution in [0.4, 0.5) is 0 Å². The number of aromatic nitrogens is 2. The van der Waals surface area contributed by atoms with Gasteiger partial charge >= 0.3 is 5.97 Å². The van der Waals surface area contributed by atoms with E-state index in [4.69, 9.17) is 9.84 Å². The van der Waals surface area contributed by atoms with Crippen molar-refractivity contribution < 1.29 is 19.4 Å². The summed E-state index contributed by atoms with van der Waals surface area (Å²) in [6.45, 7) is 0.548. The van der Waals surface area contributed by atoms with Crippen LogP contribution < -0.4 is 0 Å². The molecule has 1 fully saturated rings. The number of carbonyl (C=O) groups excluding carboxylic acids is 1. The Hall–Kier alpha value is -2.54. The number of hydrogen-bond donors (Lipinski definition) is 1. The highest BCUT2D eigenvalue weighted by Crippen LogP contribution is 2.14. The molecule has 21 heavy (non-hydrogen) atoms. The zero-order chi connectivity index (χ0) is 14.8. The van der Waals surface area contributed by atoms with Crippen LogP contribution in [0.5, 0.6) is 0 Å². The number of nitrogens with zero attached hydrogens (tertiary/aromatic N) is 3. The fourth-order valence-corrected chi connectivity index (χ4v) is 2.27. The van der Waals surface area contributed by atoms with Gasteiger partial charge in [0.15, 0.2) is 11.7 Å². The molecule has 108 valence electrons. The predicted octanol–water partition coefficient (Wildman–Crippen LogP) is 0.555. The maximum atomic E-state index is 12.5. The van der Waals surface area contributed by atoms with Gasteiger partial charge < -0.3 is 14.7 Å². The molecule has 3 rings (SSSR count). The lowest BCUT2D eigenvalue weighted by atomic mass is 10.2. The Labute approximate surface area is 120 Å². The largest absolute Gasteiger partial charge is 0.480 e. The number of amides is 1. The lowest BCUT2D eigenvalue weighted by molar-refractivity contribution is -0.147. The van der Waals surface area contributed by atoms with Crippen LogP contribution in [0.15, 0.2) is 30.5 Å². The molecule has 0 saturated carbocycles. The molecular formula is C14H13N3O4. The number of carboxylic acid groups (broad SMARTS) is 1. The van der Waals surface area contributed by atoms with E-state index in [9.17, 15) is 9.59 Å². The average Bonchev–Trinajstić information content (AvgIpc) is 2.53. The summed E-state index contributed by atoms with van der Waals surface area (Å²) >= 11 is 0. The van der Waals surface area contributed by atoms with E-state index in [1.54, 1.807) is 24.4 Å². The van der Waals surface area contributed by atoms with E-state index >= 15 is 0 Å². The number of ether oxygens (including phenoxy) is 1. The van der Waals surface area contributed by atoms with Crippen molar-refractivity contribution in [3.63, 3.8) is 0 Å². The zero-order valence-corrected chi connectivity index (χ0v) is 11.1. The average molecular weight is 287 g/mol. The standard InChI is InChI=1S/C14H13N3O4/c18-13(17-6-7-21-8-11(17)14(19)20)10-4-3-9-2-1-5-15-12(9)16-10/h1-5,11H,6-8H2,(H,19,20). The van der Waals surface area contributed by atoms with Crippen molar-refractivity contribution in [2.75, 3.05) is 19.8 Å². The summed E-state index contributed by atoms with van der Waals surface area (Å²) < 4.78 is 5.12. The molecule has 1 aliphatic rings. The summed E-state index contributed by atoms with van der Waals surface area (Å²) in [6.07, 6.45) is 1.60. The normalized spacial score (nSPS) is 18.7. The van der Waals surface area contributed by atoms with E-state index in [0.717, 1.165) is 5.39 Å². The van der Waals surface area contributed by atoms with Gasteiger partial charge in [-0.05, 0) is 24.3 Å². The third-order valence-corrected chi connectivity index (χ3v) is 3.36.